The zero-order chi connectivity index (χ0) is 29.1. The van der Waals surface area contributed by atoms with E-state index >= 15 is 0 Å². The summed E-state index contributed by atoms with van der Waals surface area (Å²) >= 11 is 6.16. The first-order valence-corrected chi connectivity index (χ1v) is 14.8. The van der Waals surface area contributed by atoms with E-state index < -0.39 is 5.97 Å². The fourth-order valence-corrected chi connectivity index (χ4v) is 6.14. The van der Waals surface area contributed by atoms with Gasteiger partial charge in [-0.1, -0.05) is 61.2 Å². The van der Waals surface area contributed by atoms with Crippen molar-refractivity contribution in [2.45, 2.75) is 51.2 Å². The maximum Gasteiger partial charge on any atom is 0.335 e. The van der Waals surface area contributed by atoms with Gasteiger partial charge in [0.05, 0.1) is 23.7 Å². The number of carboxylic acid groups (broad SMARTS) is 1. The molecule has 1 aliphatic carbocycles. The van der Waals surface area contributed by atoms with E-state index in [0.717, 1.165) is 57.3 Å². The highest BCUT2D eigenvalue weighted by Gasteiger charge is 2.23. The van der Waals surface area contributed by atoms with Gasteiger partial charge in [-0.2, -0.15) is 0 Å². The molecular weight excluding hydrogens is 546 g/mol. The maximum atomic E-state index is 11.7. The number of ether oxygens (including phenoxy) is 1. The number of carboxylic acids is 1. The van der Waals surface area contributed by atoms with Gasteiger partial charge < -0.3 is 19.3 Å². The molecule has 6 nitrogen and oxygen atoms in total. The second-order valence-corrected chi connectivity index (χ2v) is 11.4. The minimum Gasteiger partial charge on any atom is -0.497 e. The van der Waals surface area contributed by atoms with Crippen LogP contribution < -0.4 is 9.64 Å². The fourth-order valence-electron chi connectivity index (χ4n) is 6.02. The Morgan fingerprint density at radius 1 is 0.929 bits per heavy atom. The Morgan fingerprint density at radius 3 is 2.38 bits per heavy atom. The highest BCUT2D eigenvalue weighted by molar-refractivity contribution is 6.30. The molecule has 1 aliphatic rings. The quantitative estimate of drug-likeness (QED) is 0.189. The van der Waals surface area contributed by atoms with E-state index in [-0.39, 0.29) is 5.56 Å². The van der Waals surface area contributed by atoms with Crippen LogP contribution in [0.3, 0.4) is 0 Å². The van der Waals surface area contributed by atoms with E-state index in [0.29, 0.717) is 19.1 Å². The molecule has 214 valence electrons. The Bertz CT molecular complexity index is 1690. The third-order valence-electron chi connectivity index (χ3n) is 8.16. The minimum atomic E-state index is -0.938. The molecule has 0 amide bonds. The number of nitrogens with zero attached hydrogens (tertiary/aromatic N) is 3. The molecule has 7 heteroatoms. The fraction of sp³-hybridized carbons (Fsp3) is 0.257. The van der Waals surface area contributed by atoms with Crippen molar-refractivity contribution in [3.05, 3.63) is 113 Å². The highest BCUT2D eigenvalue weighted by atomic mass is 35.5. The molecule has 4 aromatic carbocycles. The predicted molar refractivity (Wildman–Crippen MR) is 169 cm³/mol. The summed E-state index contributed by atoms with van der Waals surface area (Å²) in [6.45, 7) is 1.40. The van der Waals surface area contributed by atoms with Crippen LogP contribution in [0.2, 0.25) is 5.02 Å². The van der Waals surface area contributed by atoms with Gasteiger partial charge in [0.1, 0.15) is 11.6 Å². The molecular formula is C35H34ClN3O3. The van der Waals surface area contributed by atoms with Crippen molar-refractivity contribution in [2.24, 2.45) is 0 Å². The van der Waals surface area contributed by atoms with Crippen LogP contribution in [0.1, 0.15) is 59.6 Å². The smallest absolute Gasteiger partial charge is 0.335 e. The molecule has 6 rings (SSSR count). The van der Waals surface area contributed by atoms with Crippen LogP contribution in [-0.2, 0) is 13.1 Å². The highest BCUT2D eigenvalue weighted by Crippen LogP contribution is 2.36. The zero-order valence-electron chi connectivity index (χ0n) is 23.7. The summed E-state index contributed by atoms with van der Waals surface area (Å²) in [5, 5.41) is 10.3. The molecule has 0 aliphatic heterocycles. The summed E-state index contributed by atoms with van der Waals surface area (Å²) < 4.78 is 7.75. The Kier molecular flexibility index (Phi) is 8.15. The van der Waals surface area contributed by atoms with Crippen LogP contribution >= 0.6 is 11.6 Å². The van der Waals surface area contributed by atoms with Crippen molar-refractivity contribution in [2.75, 3.05) is 12.0 Å². The van der Waals surface area contributed by atoms with Crippen molar-refractivity contribution in [1.82, 2.24) is 9.55 Å². The van der Waals surface area contributed by atoms with Gasteiger partial charge in [-0.3, -0.25) is 0 Å². The van der Waals surface area contributed by atoms with E-state index in [1.54, 1.807) is 19.2 Å². The number of aromatic carboxylic acids is 1. The molecule has 1 aromatic heterocycles. The number of methoxy groups -OCH3 is 1. The topological polar surface area (TPSA) is 67.6 Å². The summed E-state index contributed by atoms with van der Waals surface area (Å²) in [4.78, 5) is 19.1. The summed E-state index contributed by atoms with van der Waals surface area (Å²) in [6.07, 6.45) is 5.85. The standard InChI is InChI=1S/C35H34ClN3O3/c1-42-31-17-15-29(16-18-31)38(22-24-10-13-28(36)14-11-24)23-25-6-5-7-26(20-25)34-37-32-21-27(35(40)41)12-19-33(32)39(34)30-8-3-2-4-9-30/h5-7,10-21,30H,2-4,8-9,22-23H2,1H3,(H,40,41). The van der Waals surface area contributed by atoms with Gasteiger partial charge in [-0.05, 0) is 84.6 Å². The Balaban J connectivity index is 1.38. The van der Waals surface area contributed by atoms with Gasteiger partial charge in [0.2, 0.25) is 0 Å². The van der Waals surface area contributed by atoms with Crippen LogP contribution in [0, 0.1) is 0 Å². The Labute approximate surface area is 251 Å². The van der Waals surface area contributed by atoms with E-state index in [9.17, 15) is 9.90 Å². The lowest BCUT2D eigenvalue weighted by Gasteiger charge is -2.27. The largest absolute Gasteiger partial charge is 0.497 e. The molecule has 0 spiro atoms. The number of hydrogen-bond donors (Lipinski definition) is 1. The maximum absolute atomic E-state index is 11.7. The SMILES string of the molecule is COc1ccc(N(Cc2ccc(Cl)cc2)Cc2cccc(-c3nc4cc(C(=O)O)ccc4n3C3CCCCC3)c2)cc1. The molecule has 5 aromatic rings. The van der Waals surface area contributed by atoms with Gasteiger partial charge in [-0.25, -0.2) is 9.78 Å². The van der Waals surface area contributed by atoms with Crippen molar-refractivity contribution >= 4 is 34.3 Å². The van der Waals surface area contributed by atoms with E-state index in [1.165, 1.54) is 24.8 Å². The second kappa shape index (κ2) is 12.3. The van der Waals surface area contributed by atoms with Crippen LogP contribution in [0.4, 0.5) is 5.69 Å². The molecule has 0 atom stereocenters. The third-order valence-corrected chi connectivity index (χ3v) is 8.41. The number of fused-ring (bicyclic) bond motifs is 1. The average molecular weight is 580 g/mol. The lowest BCUT2D eigenvalue weighted by Crippen LogP contribution is -2.22. The van der Waals surface area contributed by atoms with Crippen LogP contribution in [0.25, 0.3) is 22.4 Å². The molecule has 0 radical (unpaired) electrons. The van der Waals surface area contributed by atoms with Crippen molar-refractivity contribution in [3.63, 3.8) is 0 Å². The lowest BCUT2D eigenvalue weighted by molar-refractivity contribution is 0.0697. The lowest BCUT2D eigenvalue weighted by atomic mass is 9.94. The number of benzene rings is 4. The average Bonchev–Trinajstić information content (AvgIpc) is 3.41. The number of halogens is 1. The number of hydrogen-bond acceptors (Lipinski definition) is 4. The second-order valence-electron chi connectivity index (χ2n) is 11.0. The molecule has 42 heavy (non-hydrogen) atoms. The number of anilines is 1. The van der Waals surface area contributed by atoms with Crippen molar-refractivity contribution < 1.29 is 14.6 Å². The van der Waals surface area contributed by atoms with Crippen molar-refractivity contribution in [3.8, 4) is 17.1 Å². The molecule has 1 heterocycles. The summed E-state index contributed by atoms with van der Waals surface area (Å²) in [7, 11) is 1.68. The van der Waals surface area contributed by atoms with Gasteiger partial charge >= 0.3 is 5.97 Å². The first-order valence-electron chi connectivity index (χ1n) is 14.5. The van der Waals surface area contributed by atoms with Crippen LogP contribution in [0.5, 0.6) is 5.75 Å². The van der Waals surface area contributed by atoms with Gasteiger partial charge in [0, 0.05) is 35.4 Å². The van der Waals surface area contributed by atoms with Crippen LogP contribution in [-0.4, -0.2) is 27.7 Å². The number of aromatic nitrogens is 2. The minimum absolute atomic E-state index is 0.258. The van der Waals surface area contributed by atoms with E-state index in [2.05, 4.69) is 58.0 Å². The molecule has 1 saturated carbocycles. The molecule has 0 unspecified atom stereocenters. The van der Waals surface area contributed by atoms with Gasteiger partial charge in [-0.15, -0.1) is 0 Å². The Morgan fingerprint density at radius 2 is 1.67 bits per heavy atom. The molecule has 0 bridgehead atoms. The molecule has 1 fully saturated rings. The number of rotatable bonds is 9. The predicted octanol–water partition coefficient (Wildman–Crippen LogP) is 8.78. The third kappa shape index (κ3) is 6.00. The summed E-state index contributed by atoms with van der Waals surface area (Å²) in [5.74, 6) is 0.779. The molecule has 1 N–H and O–H groups in total. The number of imidazole rings is 1. The first-order chi connectivity index (χ1) is 20.5. The Hall–Kier alpha value is -4.29. The summed E-state index contributed by atoms with van der Waals surface area (Å²) in [6, 6.07) is 30.3. The number of carbonyl (C=O) groups is 1. The summed E-state index contributed by atoms with van der Waals surface area (Å²) in [5.41, 5.74) is 6.43. The molecule has 0 saturated heterocycles. The van der Waals surface area contributed by atoms with E-state index in [4.69, 9.17) is 21.3 Å². The van der Waals surface area contributed by atoms with E-state index in [1.807, 2.05) is 30.3 Å². The van der Waals surface area contributed by atoms with Gasteiger partial charge in [0.25, 0.3) is 0 Å². The monoisotopic (exact) mass is 579 g/mol. The first kappa shape index (κ1) is 27.9. The zero-order valence-corrected chi connectivity index (χ0v) is 24.4. The normalized spacial score (nSPS) is 13.8. The van der Waals surface area contributed by atoms with Crippen LogP contribution in [0.15, 0.2) is 91.0 Å². The van der Waals surface area contributed by atoms with Crippen molar-refractivity contribution in [1.29, 1.82) is 0 Å². The van der Waals surface area contributed by atoms with Gasteiger partial charge in [0.15, 0.2) is 0 Å².